The largest absolute Gasteiger partial charge is 0.366 e. The molecule has 0 bridgehead atoms. The third-order valence-corrected chi connectivity index (χ3v) is 4.16. The third kappa shape index (κ3) is 3.59. The second kappa shape index (κ2) is 5.15. The van der Waals surface area contributed by atoms with Gasteiger partial charge >= 0.3 is 0 Å². The summed E-state index contributed by atoms with van der Waals surface area (Å²) in [6.07, 6.45) is 6.71. The van der Waals surface area contributed by atoms with Gasteiger partial charge in [0.1, 0.15) is 5.82 Å². The van der Waals surface area contributed by atoms with E-state index >= 15 is 0 Å². The van der Waals surface area contributed by atoms with Crippen LogP contribution in [0.25, 0.3) is 0 Å². The summed E-state index contributed by atoms with van der Waals surface area (Å²) >= 11 is 9.38. The number of anilines is 1. The van der Waals surface area contributed by atoms with Crippen molar-refractivity contribution in [3.8, 4) is 0 Å². The molecule has 1 atom stereocenters. The zero-order valence-electron chi connectivity index (χ0n) is 10.3. The minimum atomic E-state index is 0.439. The first-order chi connectivity index (χ1) is 7.96. The second-order valence-electron chi connectivity index (χ2n) is 5.59. The summed E-state index contributed by atoms with van der Waals surface area (Å²) in [6, 6.07) is 2.40. The van der Waals surface area contributed by atoms with Crippen LogP contribution in [0.1, 0.15) is 39.5 Å². The Morgan fingerprint density at radius 1 is 1.53 bits per heavy atom. The number of halogens is 2. The lowest BCUT2D eigenvalue weighted by Crippen LogP contribution is -2.32. The lowest BCUT2D eigenvalue weighted by atomic mass is 9.75. The van der Waals surface area contributed by atoms with Crippen molar-refractivity contribution in [2.45, 2.75) is 45.6 Å². The Morgan fingerprint density at radius 3 is 2.94 bits per heavy atom. The van der Waals surface area contributed by atoms with E-state index in [1.807, 2.05) is 6.07 Å². The lowest BCUT2D eigenvalue weighted by molar-refractivity contribution is 0.229. The standard InChI is InChI=1S/C13H18BrClN2/c1-13(2)5-3-4-10(7-13)17-12-11(14)6-9(15)8-16-12/h6,8,10H,3-5,7H2,1-2H3,(H,16,17). The second-order valence-corrected chi connectivity index (χ2v) is 6.88. The SMILES string of the molecule is CC1(C)CCCC(Nc2ncc(Cl)cc2Br)C1. The van der Waals surface area contributed by atoms with Crippen LogP contribution < -0.4 is 5.32 Å². The van der Waals surface area contributed by atoms with Crippen LogP contribution in [0.5, 0.6) is 0 Å². The molecule has 0 aromatic carbocycles. The molecule has 0 aliphatic heterocycles. The fraction of sp³-hybridized carbons (Fsp3) is 0.615. The molecule has 1 saturated carbocycles. The summed E-state index contributed by atoms with van der Waals surface area (Å²) in [5, 5.41) is 4.17. The van der Waals surface area contributed by atoms with Crippen LogP contribution >= 0.6 is 27.5 Å². The first-order valence-corrected chi connectivity index (χ1v) is 7.21. The fourth-order valence-corrected chi connectivity index (χ4v) is 3.29. The Kier molecular flexibility index (Phi) is 3.99. The van der Waals surface area contributed by atoms with E-state index in [0.717, 1.165) is 10.3 Å². The molecule has 2 rings (SSSR count). The van der Waals surface area contributed by atoms with Crippen molar-refractivity contribution in [1.82, 2.24) is 4.98 Å². The molecule has 0 spiro atoms. The van der Waals surface area contributed by atoms with Crippen LogP contribution in [0.2, 0.25) is 5.02 Å². The first kappa shape index (κ1) is 13.2. The zero-order valence-corrected chi connectivity index (χ0v) is 12.6. The highest BCUT2D eigenvalue weighted by Gasteiger charge is 2.28. The minimum absolute atomic E-state index is 0.439. The van der Waals surface area contributed by atoms with Crippen molar-refractivity contribution in [3.05, 3.63) is 21.8 Å². The molecule has 1 N–H and O–H groups in total. The number of nitrogens with zero attached hydrogens (tertiary/aromatic N) is 1. The van der Waals surface area contributed by atoms with Crippen molar-refractivity contribution < 1.29 is 0 Å². The number of rotatable bonds is 2. The maximum atomic E-state index is 5.88. The Bertz CT molecular complexity index is 406. The lowest BCUT2D eigenvalue weighted by Gasteiger charge is -2.35. The Labute approximate surface area is 116 Å². The maximum Gasteiger partial charge on any atom is 0.140 e. The molecule has 0 radical (unpaired) electrons. The summed E-state index contributed by atoms with van der Waals surface area (Å²) in [7, 11) is 0. The highest BCUT2D eigenvalue weighted by molar-refractivity contribution is 9.10. The average molecular weight is 318 g/mol. The van der Waals surface area contributed by atoms with Crippen LogP contribution in [-0.2, 0) is 0 Å². The van der Waals surface area contributed by atoms with Crippen LogP contribution in [0.15, 0.2) is 16.7 Å². The molecular weight excluding hydrogens is 300 g/mol. The molecule has 1 heterocycles. The number of hydrogen-bond acceptors (Lipinski definition) is 2. The van der Waals surface area contributed by atoms with Gasteiger partial charge in [-0.1, -0.05) is 31.9 Å². The summed E-state index contributed by atoms with van der Waals surface area (Å²) in [4.78, 5) is 4.33. The molecule has 94 valence electrons. The van der Waals surface area contributed by atoms with E-state index in [1.54, 1.807) is 6.20 Å². The van der Waals surface area contributed by atoms with Gasteiger partial charge in [0.05, 0.1) is 9.50 Å². The van der Waals surface area contributed by atoms with Gasteiger partial charge in [0.25, 0.3) is 0 Å². The molecule has 17 heavy (non-hydrogen) atoms. The van der Waals surface area contributed by atoms with Crippen molar-refractivity contribution in [2.24, 2.45) is 5.41 Å². The van der Waals surface area contributed by atoms with E-state index in [0.29, 0.717) is 16.5 Å². The van der Waals surface area contributed by atoms with E-state index in [9.17, 15) is 0 Å². The van der Waals surface area contributed by atoms with E-state index in [2.05, 4.69) is 40.1 Å². The van der Waals surface area contributed by atoms with E-state index in [4.69, 9.17) is 11.6 Å². The van der Waals surface area contributed by atoms with Gasteiger partial charge in [-0.3, -0.25) is 0 Å². The van der Waals surface area contributed by atoms with Gasteiger partial charge in [-0.15, -0.1) is 0 Å². The molecule has 1 fully saturated rings. The van der Waals surface area contributed by atoms with Gasteiger partial charge in [-0.25, -0.2) is 4.98 Å². The Hall–Kier alpha value is -0.280. The van der Waals surface area contributed by atoms with Gasteiger partial charge in [0.15, 0.2) is 0 Å². The molecule has 2 nitrogen and oxygen atoms in total. The van der Waals surface area contributed by atoms with Gasteiger partial charge in [-0.2, -0.15) is 0 Å². The molecule has 0 amide bonds. The summed E-state index contributed by atoms with van der Waals surface area (Å²) < 4.78 is 0.938. The molecule has 4 heteroatoms. The molecule has 1 aromatic rings. The van der Waals surface area contributed by atoms with Gasteiger partial charge in [0.2, 0.25) is 0 Å². The highest BCUT2D eigenvalue weighted by atomic mass is 79.9. The summed E-state index contributed by atoms with van der Waals surface area (Å²) in [6.45, 7) is 4.68. The molecular formula is C13H18BrClN2. The van der Waals surface area contributed by atoms with Gasteiger partial charge in [0, 0.05) is 12.2 Å². The third-order valence-electron chi connectivity index (χ3n) is 3.35. The van der Waals surface area contributed by atoms with Crippen molar-refractivity contribution in [1.29, 1.82) is 0 Å². The molecule has 1 aromatic heterocycles. The number of pyridine rings is 1. The van der Waals surface area contributed by atoms with Crippen LogP contribution in [0.3, 0.4) is 0 Å². The van der Waals surface area contributed by atoms with Crippen molar-refractivity contribution in [2.75, 3.05) is 5.32 Å². The Morgan fingerprint density at radius 2 is 2.29 bits per heavy atom. The van der Waals surface area contributed by atoms with Crippen molar-refractivity contribution >= 4 is 33.3 Å². The summed E-state index contributed by atoms with van der Waals surface area (Å²) in [5.41, 5.74) is 0.439. The van der Waals surface area contributed by atoms with E-state index in [1.165, 1.54) is 25.7 Å². The number of aromatic nitrogens is 1. The Balaban J connectivity index is 2.05. The number of nitrogens with one attached hydrogen (secondary N) is 1. The van der Waals surface area contributed by atoms with Gasteiger partial charge < -0.3 is 5.32 Å². The maximum absolute atomic E-state index is 5.88. The van der Waals surface area contributed by atoms with Crippen LogP contribution in [0.4, 0.5) is 5.82 Å². The predicted molar refractivity (Wildman–Crippen MR) is 76.6 cm³/mol. The molecule has 0 saturated heterocycles. The van der Waals surface area contributed by atoms with Crippen LogP contribution in [0, 0.1) is 5.41 Å². The molecule has 1 unspecified atom stereocenters. The highest BCUT2D eigenvalue weighted by Crippen LogP contribution is 2.37. The zero-order chi connectivity index (χ0) is 12.5. The molecule has 1 aliphatic rings. The van der Waals surface area contributed by atoms with E-state index < -0.39 is 0 Å². The topological polar surface area (TPSA) is 24.9 Å². The normalized spacial score (nSPS) is 23.4. The number of hydrogen-bond donors (Lipinski definition) is 1. The smallest absolute Gasteiger partial charge is 0.140 e. The van der Waals surface area contributed by atoms with Crippen molar-refractivity contribution in [3.63, 3.8) is 0 Å². The monoisotopic (exact) mass is 316 g/mol. The minimum Gasteiger partial charge on any atom is -0.366 e. The van der Waals surface area contributed by atoms with E-state index in [-0.39, 0.29) is 0 Å². The quantitative estimate of drug-likeness (QED) is 0.841. The summed E-state index contributed by atoms with van der Waals surface area (Å²) in [5.74, 6) is 0.900. The molecule has 1 aliphatic carbocycles. The average Bonchev–Trinajstić information content (AvgIpc) is 2.21. The first-order valence-electron chi connectivity index (χ1n) is 6.04. The predicted octanol–water partition coefficient (Wildman–Crippen LogP) is 4.88. The van der Waals surface area contributed by atoms with Crippen LogP contribution in [-0.4, -0.2) is 11.0 Å². The van der Waals surface area contributed by atoms with Gasteiger partial charge in [-0.05, 0) is 46.7 Å². The fourth-order valence-electron chi connectivity index (χ4n) is 2.54.